The van der Waals surface area contributed by atoms with E-state index in [9.17, 15) is 9.59 Å². The molecule has 1 aliphatic heterocycles. The van der Waals surface area contributed by atoms with Crippen molar-refractivity contribution in [3.8, 4) is 17.5 Å². The van der Waals surface area contributed by atoms with Gasteiger partial charge in [-0.1, -0.05) is 35.9 Å². The highest BCUT2D eigenvalue weighted by molar-refractivity contribution is 6.31. The number of aliphatic carboxylic acids is 1. The van der Waals surface area contributed by atoms with Crippen molar-refractivity contribution in [3.63, 3.8) is 0 Å². The molecule has 1 saturated heterocycles. The Morgan fingerprint density at radius 3 is 2.68 bits per heavy atom. The number of fused-ring (bicyclic) bond motifs is 1. The van der Waals surface area contributed by atoms with Crippen molar-refractivity contribution in [1.29, 1.82) is 0 Å². The highest BCUT2D eigenvalue weighted by Gasteiger charge is 2.36. The summed E-state index contributed by atoms with van der Waals surface area (Å²) in [5.74, 6) is 0.428. The fourth-order valence-corrected chi connectivity index (χ4v) is 5.57. The Morgan fingerprint density at radius 2 is 1.93 bits per heavy atom. The number of hydrogen-bond donors (Lipinski definition) is 2. The predicted octanol–water partition coefficient (Wildman–Crippen LogP) is 3.79. The van der Waals surface area contributed by atoms with Gasteiger partial charge >= 0.3 is 12.0 Å². The number of nitrogens with two attached hydrogens (primary N) is 1. The maximum absolute atomic E-state index is 13.8. The predicted molar refractivity (Wildman–Crippen MR) is 154 cm³/mol. The standard InChI is InChI=1S/C29H31ClN6O5/c1-34-26(37)24-25(33-29(34)41-21-9-4-8-20(14-21)40-22-12-18(13-22)27(38)39)32-28(35-11-5-7-19(31)16-35)36(24)15-17-6-2-3-10-23(17)30/h2-4,6,8-10,14,18-19,22H,5,7,11-13,15-16,31H2,1H3,(H,38,39)/t18?,19-,22?/m1/s1. The maximum Gasteiger partial charge on any atom is 0.306 e. The van der Waals surface area contributed by atoms with E-state index in [0.29, 0.717) is 53.9 Å². The number of carbonyl (C=O) groups is 1. The average molecular weight is 579 g/mol. The summed E-state index contributed by atoms with van der Waals surface area (Å²) in [6, 6.07) is 14.6. The van der Waals surface area contributed by atoms with Crippen molar-refractivity contribution < 1.29 is 19.4 Å². The Kier molecular flexibility index (Phi) is 7.31. The molecule has 1 aliphatic carbocycles. The van der Waals surface area contributed by atoms with E-state index in [-0.39, 0.29) is 35.3 Å². The summed E-state index contributed by atoms with van der Waals surface area (Å²) in [6.45, 7) is 1.73. The maximum atomic E-state index is 13.8. The normalized spacial score (nSPS) is 20.6. The molecular weight excluding hydrogens is 548 g/mol. The number of anilines is 1. The molecule has 0 unspecified atom stereocenters. The van der Waals surface area contributed by atoms with Crippen molar-refractivity contribution in [3.05, 3.63) is 69.5 Å². The second kappa shape index (κ2) is 11.1. The second-order valence-electron chi connectivity index (χ2n) is 10.7. The van der Waals surface area contributed by atoms with E-state index < -0.39 is 5.97 Å². The number of nitrogens with zero attached hydrogens (tertiary/aromatic N) is 5. The first-order valence-corrected chi connectivity index (χ1v) is 14.0. The number of carboxylic acid groups (broad SMARTS) is 1. The van der Waals surface area contributed by atoms with Crippen LogP contribution < -0.4 is 25.7 Å². The molecule has 1 atom stereocenters. The van der Waals surface area contributed by atoms with Gasteiger partial charge in [-0.3, -0.25) is 18.7 Å². The SMILES string of the molecule is Cn1c(Oc2cccc(OC3CC(C(=O)O)C3)c2)nc2nc(N3CCC[C@@H](N)C3)n(Cc3ccccc3Cl)c2c1=O. The molecule has 4 aromatic rings. The number of benzene rings is 2. The van der Waals surface area contributed by atoms with Crippen molar-refractivity contribution in [2.24, 2.45) is 18.7 Å². The number of carboxylic acids is 1. The van der Waals surface area contributed by atoms with E-state index in [4.69, 9.17) is 36.9 Å². The minimum Gasteiger partial charge on any atom is -0.490 e. The molecule has 0 spiro atoms. The zero-order valence-corrected chi connectivity index (χ0v) is 23.3. The van der Waals surface area contributed by atoms with Crippen molar-refractivity contribution in [2.45, 2.75) is 44.4 Å². The summed E-state index contributed by atoms with van der Waals surface area (Å²) < 4.78 is 15.2. The molecule has 3 heterocycles. The van der Waals surface area contributed by atoms with E-state index in [1.165, 1.54) is 4.57 Å². The molecule has 12 heteroatoms. The number of aromatic nitrogens is 4. The van der Waals surface area contributed by atoms with E-state index >= 15 is 0 Å². The largest absolute Gasteiger partial charge is 0.490 e. The Hall–Kier alpha value is -4.09. The molecule has 1 saturated carbocycles. The molecule has 214 valence electrons. The van der Waals surface area contributed by atoms with Gasteiger partial charge in [0.1, 0.15) is 17.6 Å². The first-order chi connectivity index (χ1) is 19.8. The third-order valence-electron chi connectivity index (χ3n) is 7.71. The number of rotatable bonds is 8. The van der Waals surface area contributed by atoms with Gasteiger partial charge < -0.3 is 25.2 Å². The van der Waals surface area contributed by atoms with E-state index in [0.717, 1.165) is 24.9 Å². The van der Waals surface area contributed by atoms with Crippen LogP contribution in [-0.4, -0.2) is 55.4 Å². The number of halogens is 1. The number of hydrogen-bond acceptors (Lipinski definition) is 8. The van der Waals surface area contributed by atoms with Gasteiger partial charge in [-0.05, 0) is 49.4 Å². The molecule has 2 aliphatic rings. The second-order valence-corrected chi connectivity index (χ2v) is 11.1. The van der Waals surface area contributed by atoms with Crippen LogP contribution in [0.4, 0.5) is 5.95 Å². The highest BCUT2D eigenvalue weighted by atomic mass is 35.5. The Labute approximate surface area is 241 Å². The zero-order valence-electron chi connectivity index (χ0n) is 22.6. The minimum absolute atomic E-state index is 0.0106. The first kappa shape index (κ1) is 27.1. The van der Waals surface area contributed by atoms with Crippen molar-refractivity contribution in [2.75, 3.05) is 18.0 Å². The molecule has 6 rings (SSSR count). The van der Waals surface area contributed by atoms with Gasteiger partial charge in [-0.2, -0.15) is 9.97 Å². The summed E-state index contributed by atoms with van der Waals surface area (Å²) in [7, 11) is 1.61. The Bertz CT molecular complexity index is 1660. The van der Waals surface area contributed by atoms with Crippen LogP contribution in [0.3, 0.4) is 0 Å². The lowest BCUT2D eigenvalue weighted by Gasteiger charge is -2.32. The van der Waals surface area contributed by atoms with Crippen molar-refractivity contribution >= 4 is 34.7 Å². The molecule has 2 fully saturated rings. The van der Waals surface area contributed by atoms with Gasteiger partial charge in [-0.15, -0.1) is 0 Å². The fourth-order valence-electron chi connectivity index (χ4n) is 5.37. The lowest BCUT2D eigenvalue weighted by Crippen LogP contribution is -2.44. The van der Waals surface area contributed by atoms with Gasteiger partial charge in [0, 0.05) is 37.3 Å². The van der Waals surface area contributed by atoms with Crippen LogP contribution in [0.2, 0.25) is 5.02 Å². The molecule has 0 radical (unpaired) electrons. The van der Waals surface area contributed by atoms with Crippen LogP contribution in [0, 0.1) is 5.92 Å². The van der Waals surface area contributed by atoms with E-state index in [2.05, 4.69) is 9.88 Å². The number of imidazole rings is 1. The van der Waals surface area contributed by atoms with Crippen molar-refractivity contribution in [1.82, 2.24) is 19.1 Å². The summed E-state index contributed by atoms with van der Waals surface area (Å²) >= 11 is 6.50. The quantitative estimate of drug-likeness (QED) is 0.320. The number of ether oxygens (including phenoxy) is 2. The summed E-state index contributed by atoms with van der Waals surface area (Å²) in [5.41, 5.74) is 7.46. The minimum atomic E-state index is -0.801. The topological polar surface area (TPSA) is 138 Å². The fraction of sp³-hybridized carbons (Fsp3) is 0.379. The van der Waals surface area contributed by atoms with Crippen LogP contribution in [0.5, 0.6) is 17.5 Å². The Balaban J connectivity index is 1.33. The molecule has 0 bridgehead atoms. The molecule has 11 nitrogen and oxygen atoms in total. The highest BCUT2D eigenvalue weighted by Crippen LogP contribution is 2.33. The van der Waals surface area contributed by atoms with E-state index in [1.54, 1.807) is 31.3 Å². The summed E-state index contributed by atoms with van der Waals surface area (Å²) in [4.78, 5) is 36.4. The van der Waals surface area contributed by atoms with Gasteiger partial charge in [0.2, 0.25) is 5.95 Å². The monoisotopic (exact) mass is 578 g/mol. The zero-order chi connectivity index (χ0) is 28.7. The summed E-state index contributed by atoms with van der Waals surface area (Å²) in [6.07, 6.45) is 2.63. The van der Waals surface area contributed by atoms with Gasteiger partial charge in [-0.25, -0.2) is 0 Å². The molecule has 3 N–H and O–H groups in total. The molecular formula is C29H31ClN6O5. The molecule has 0 amide bonds. The Morgan fingerprint density at radius 1 is 1.15 bits per heavy atom. The van der Waals surface area contributed by atoms with Gasteiger partial charge in [0.25, 0.3) is 5.56 Å². The molecule has 2 aromatic carbocycles. The number of piperidine rings is 1. The van der Waals surface area contributed by atoms with E-state index in [1.807, 2.05) is 28.8 Å². The smallest absolute Gasteiger partial charge is 0.306 e. The lowest BCUT2D eigenvalue weighted by molar-refractivity contribution is -0.147. The van der Waals surface area contributed by atoms with Gasteiger partial charge in [0.15, 0.2) is 11.2 Å². The van der Waals surface area contributed by atoms with Gasteiger partial charge in [0.05, 0.1) is 12.5 Å². The lowest BCUT2D eigenvalue weighted by atomic mass is 9.82. The summed E-state index contributed by atoms with van der Waals surface area (Å²) in [5, 5.41) is 9.71. The van der Waals surface area contributed by atoms with Crippen LogP contribution in [0.25, 0.3) is 11.2 Å². The molecule has 41 heavy (non-hydrogen) atoms. The third kappa shape index (κ3) is 5.47. The third-order valence-corrected chi connectivity index (χ3v) is 8.08. The van der Waals surface area contributed by atoms with Crippen LogP contribution in [0.15, 0.2) is 53.3 Å². The first-order valence-electron chi connectivity index (χ1n) is 13.7. The van der Waals surface area contributed by atoms with Crippen LogP contribution >= 0.6 is 11.6 Å². The molecule has 2 aromatic heterocycles. The van der Waals surface area contributed by atoms with Crippen LogP contribution in [0.1, 0.15) is 31.2 Å². The average Bonchev–Trinajstić information content (AvgIpc) is 3.28. The van der Waals surface area contributed by atoms with Crippen LogP contribution in [-0.2, 0) is 18.4 Å².